The summed E-state index contributed by atoms with van der Waals surface area (Å²) in [6, 6.07) is 11.8. The van der Waals surface area contributed by atoms with Gasteiger partial charge in [0.15, 0.2) is 11.5 Å². The largest absolute Gasteiger partial charge is 0.493 e. The number of benzene rings is 2. The molecule has 2 atom stereocenters. The van der Waals surface area contributed by atoms with E-state index in [4.69, 9.17) is 25.8 Å². The first kappa shape index (κ1) is 21.7. The van der Waals surface area contributed by atoms with Crippen LogP contribution in [0, 0.1) is 11.3 Å². The molecule has 1 amide bonds. The Kier molecular flexibility index (Phi) is 7.85. The number of nitriles is 1. The number of thioether (sulfide) groups is 1. The molecule has 2 aromatic rings. The number of hydrogen-bond acceptors (Lipinski definition) is 6. The quantitative estimate of drug-likeness (QED) is 0.644. The molecular weight excluding hydrogens is 400 g/mol. The van der Waals surface area contributed by atoms with Crippen LogP contribution in [0.4, 0.5) is 0 Å². The second kappa shape index (κ2) is 10.1. The lowest BCUT2D eigenvalue weighted by atomic mass is 10.1. The molecule has 0 saturated carbocycles. The van der Waals surface area contributed by atoms with E-state index in [0.717, 1.165) is 4.90 Å². The number of carbonyl (C=O) groups excluding carboxylic acids is 1. The van der Waals surface area contributed by atoms with Crippen molar-refractivity contribution in [3.63, 3.8) is 0 Å². The predicted molar refractivity (Wildman–Crippen MR) is 109 cm³/mol. The molecule has 0 fully saturated rings. The summed E-state index contributed by atoms with van der Waals surface area (Å²) in [4.78, 5) is 13.5. The van der Waals surface area contributed by atoms with Crippen LogP contribution in [0.2, 0.25) is 5.02 Å². The normalized spacial score (nSPS) is 12.4. The highest BCUT2D eigenvalue weighted by Gasteiger charge is 2.23. The van der Waals surface area contributed by atoms with Crippen LogP contribution in [0.15, 0.2) is 41.3 Å². The third kappa shape index (κ3) is 5.24. The highest BCUT2D eigenvalue weighted by Crippen LogP contribution is 2.39. The molecule has 0 aromatic heterocycles. The Bertz CT molecular complexity index is 842. The van der Waals surface area contributed by atoms with Crippen LogP contribution in [-0.2, 0) is 4.79 Å². The number of methoxy groups -OCH3 is 3. The van der Waals surface area contributed by atoms with E-state index in [-0.39, 0.29) is 5.91 Å². The highest BCUT2D eigenvalue weighted by atomic mass is 35.5. The Balaban J connectivity index is 2.18. The first-order chi connectivity index (χ1) is 13.4. The molecule has 2 unspecified atom stereocenters. The average molecular weight is 421 g/mol. The first-order valence-electron chi connectivity index (χ1n) is 8.35. The van der Waals surface area contributed by atoms with Crippen LogP contribution in [0.1, 0.15) is 18.5 Å². The second-order valence-corrected chi connectivity index (χ2v) is 7.59. The molecule has 2 aromatic carbocycles. The maximum absolute atomic E-state index is 12.6. The van der Waals surface area contributed by atoms with Crippen molar-refractivity contribution < 1.29 is 19.0 Å². The summed E-state index contributed by atoms with van der Waals surface area (Å²) in [6.45, 7) is 1.78. The molecule has 28 heavy (non-hydrogen) atoms. The van der Waals surface area contributed by atoms with Gasteiger partial charge in [-0.15, -0.1) is 11.8 Å². The van der Waals surface area contributed by atoms with Crippen LogP contribution >= 0.6 is 23.4 Å². The molecule has 0 aliphatic rings. The minimum absolute atomic E-state index is 0.264. The van der Waals surface area contributed by atoms with E-state index < -0.39 is 11.3 Å². The average Bonchev–Trinajstić information content (AvgIpc) is 2.72. The first-order valence-corrected chi connectivity index (χ1v) is 9.61. The van der Waals surface area contributed by atoms with Crippen LogP contribution in [0.3, 0.4) is 0 Å². The van der Waals surface area contributed by atoms with Crippen molar-refractivity contribution in [1.82, 2.24) is 5.32 Å². The van der Waals surface area contributed by atoms with Crippen molar-refractivity contribution >= 4 is 29.3 Å². The fourth-order valence-electron chi connectivity index (χ4n) is 2.49. The molecule has 148 valence electrons. The molecule has 1 N–H and O–H groups in total. The van der Waals surface area contributed by atoms with Gasteiger partial charge in [0.25, 0.3) is 0 Å². The van der Waals surface area contributed by atoms with E-state index in [1.54, 1.807) is 31.2 Å². The summed E-state index contributed by atoms with van der Waals surface area (Å²) < 4.78 is 15.9. The van der Waals surface area contributed by atoms with Gasteiger partial charge in [-0.1, -0.05) is 11.6 Å². The molecule has 0 saturated heterocycles. The number of ether oxygens (including phenoxy) is 3. The van der Waals surface area contributed by atoms with Crippen molar-refractivity contribution in [3.05, 3.63) is 47.0 Å². The Morgan fingerprint density at radius 3 is 2.14 bits per heavy atom. The highest BCUT2D eigenvalue weighted by molar-refractivity contribution is 8.00. The molecule has 0 heterocycles. The molecule has 0 aliphatic heterocycles. The van der Waals surface area contributed by atoms with E-state index in [1.165, 1.54) is 33.1 Å². The Labute approximate surface area is 173 Å². The number of hydrogen-bond donors (Lipinski definition) is 1. The van der Waals surface area contributed by atoms with Gasteiger partial charge in [-0.2, -0.15) is 5.26 Å². The number of amides is 1. The fraction of sp³-hybridized carbons (Fsp3) is 0.300. The van der Waals surface area contributed by atoms with Crippen LogP contribution in [0.5, 0.6) is 17.2 Å². The van der Waals surface area contributed by atoms with Crippen LogP contribution < -0.4 is 19.5 Å². The summed E-state index contributed by atoms with van der Waals surface area (Å²) in [5.41, 5.74) is 0.536. The van der Waals surface area contributed by atoms with Gasteiger partial charge in [0.2, 0.25) is 11.7 Å². The molecule has 2 rings (SSSR count). The van der Waals surface area contributed by atoms with Crippen molar-refractivity contribution in [3.8, 4) is 23.3 Å². The summed E-state index contributed by atoms with van der Waals surface area (Å²) >= 11 is 7.26. The summed E-state index contributed by atoms with van der Waals surface area (Å²) in [7, 11) is 4.48. The Morgan fingerprint density at radius 2 is 1.68 bits per heavy atom. The minimum Gasteiger partial charge on any atom is -0.493 e. The minimum atomic E-state index is -0.866. The zero-order valence-electron chi connectivity index (χ0n) is 16.0. The van der Waals surface area contributed by atoms with Gasteiger partial charge in [-0.25, -0.2) is 0 Å². The molecule has 0 radical (unpaired) electrons. The van der Waals surface area contributed by atoms with Gasteiger partial charge >= 0.3 is 0 Å². The van der Waals surface area contributed by atoms with Gasteiger partial charge in [0.1, 0.15) is 6.04 Å². The molecular formula is C20H21ClN2O4S. The topological polar surface area (TPSA) is 80.6 Å². The Hall–Kier alpha value is -2.56. The zero-order valence-corrected chi connectivity index (χ0v) is 17.6. The maximum atomic E-state index is 12.6. The third-order valence-corrected chi connectivity index (χ3v) is 5.30. The number of halogens is 1. The maximum Gasteiger partial charge on any atom is 0.234 e. The molecule has 0 bridgehead atoms. The van der Waals surface area contributed by atoms with E-state index >= 15 is 0 Å². The number of nitrogens with one attached hydrogen (secondary N) is 1. The molecule has 8 heteroatoms. The van der Waals surface area contributed by atoms with Gasteiger partial charge < -0.3 is 19.5 Å². The van der Waals surface area contributed by atoms with Crippen LogP contribution in [-0.4, -0.2) is 32.5 Å². The van der Waals surface area contributed by atoms with Crippen LogP contribution in [0.25, 0.3) is 0 Å². The van der Waals surface area contributed by atoms with Crippen molar-refractivity contribution in [2.75, 3.05) is 21.3 Å². The van der Waals surface area contributed by atoms with Crippen molar-refractivity contribution in [1.29, 1.82) is 5.26 Å². The second-order valence-electron chi connectivity index (χ2n) is 5.74. The van der Waals surface area contributed by atoms with E-state index in [9.17, 15) is 10.1 Å². The summed E-state index contributed by atoms with van der Waals surface area (Å²) in [5.74, 6) is 0.980. The van der Waals surface area contributed by atoms with E-state index in [1.807, 2.05) is 12.1 Å². The number of carbonyl (C=O) groups is 1. The monoisotopic (exact) mass is 420 g/mol. The van der Waals surface area contributed by atoms with Gasteiger partial charge in [-0.3, -0.25) is 4.79 Å². The molecule has 6 nitrogen and oxygen atoms in total. The lowest BCUT2D eigenvalue weighted by Gasteiger charge is -2.19. The smallest absolute Gasteiger partial charge is 0.234 e. The fourth-order valence-corrected chi connectivity index (χ4v) is 3.49. The SMILES string of the molecule is COc1cc(C(C#N)NC(=O)C(C)Sc2ccc(Cl)cc2)cc(OC)c1OC. The predicted octanol–water partition coefficient (Wildman–Crippen LogP) is 4.23. The van der Waals surface area contributed by atoms with Gasteiger partial charge in [0, 0.05) is 9.92 Å². The standard InChI is InChI=1S/C20H21ClN2O4S/c1-12(28-15-7-5-14(21)6-8-15)20(24)23-16(11-22)13-9-17(25-2)19(27-4)18(10-13)26-3/h5-10,12,16H,1-4H3,(H,23,24). The van der Waals surface area contributed by atoms with E-state index in [0.29, 0.717) is 27.8 Å². The number of nitrogens with zero attached hydrogens (tertiary/aromatic N) is 1. The van der Waals surface area contributed by atoms with Crippen molar-refractivity contribution in [2.45, 2.75) is 23.1 Å². The number of rotatable bonds is 8. The van der Waals surface area contributed by atoms with Crippen molar-refractivity contribution in [2.24, 2.45) is 0 Å². The summed E-state index contributed by atoms with van der Waals surface area (Å²) in [5, 5.41) is 12.6. The lowest BCUT2D eigenvalue weighted by Crippen LogP contribution is -2.33. The van der Waals surface area contributed by atoms with Gasteiger partial charge in [0.05, 0.1) is 32.6 Å². The Morgan fingerprint density at radius 1 is 1.11 bits per heavy atom. The zero-order chi connectivity index (χ0) is 20.7. The summed E-state index contributed by atoms with van der Waals surface area (Å²) in [6.07, 6.45) is 0. The molecule has 0 spiro atoms. The third-order valence-electron chi connectivity index (χ3n) is 3.93. The lowest BCUT2D eigenvalue weighted by molar-refractivity contribution is -0.120. The molecule has 0 aliphatic carbocycles. The van der Waals surface area contributed by atoms with E-state index in [2.05, 4.69) is 11.4 Å². The van der Waals surface area contributed by atoms with Gasteiger partial charge in [-0.05, 0) is 48.9 Å².